The molecule has 27 heavy (non-hydrogen) atoms. The zero-order valence-corrected chi connectivity index (χ0v) is 15.1. The first-order valence-corrected chi connectivity index (χ1v) is 8.37. The van der Waals surface area contributed by atoms with Crippen LogP contribution in [0, 0.1) is 6.92 Å². The van der Waals surface area contributed by atoms with Crippen molar-refractivity contribution in [1.82, 2.24) is 5.43 Å². The molecule has 1 aromatic carbocycles. The van der Waals surface area contributed by atoms with Crippen molar-refractivity contribution in [1.29, 1.82) is 0 Å². The Labute approximate surface area is 156 Å². The van der Waals surface area contributed by atoms with Gasteiger partial charge in [-0.3, -0.25) is 14.4 Å². The zero-order valence-electron chi connectivity index (χ0n) is 15.1. The molecule has 0 saturated heterocycles. The van der Waals surface area contributed by atoms with Gasteiger partial charge in [0.1, 0.15) is 5.76 Å². The number of aliphatic carboxylic acids is 1. The number of nitrogens with zero attached hydrogens (tertiary/aromatic N) is 1. The van der Waals surface area contributed by atoms with Crippen LogP contribution in [-0.4, -0.2) is 28.6 Å². The van der Waals surface area contributed by atoms with E-state index < -0.39 is 5.97 Å². The number of carbonyl (C=O) groups is 3. The first-order valence-electron chi connectivity index (χ1n) is 8.37. The summed E-state index contributed by atoms with van der Waals surface area (Å²) in [5, 5.41) is 15.3. The fourth-order valence-corrected chi connectivity index (χ4v) is 2.30. The van der Waals surface area contributed by atoms with Crippen LogP contribution < -0.4 is 10.7 Å². The molecule has 3 N–H and O–H groups in total. The average molecular weight is 371 g/mol. The largest absolute Gasteiger partial charge is 0.481 e. The second kappa shape index (κ2) is 9.33. The molecule has 8 nitrogen and oxygen atoms in total. The Morgan fingerprint density at radius 3 is 2.41 bits per heavy atom. The maximum atomic E-state index is 12.0. The molecule has 0 atom stereocenters. The first-order chi connectivity index (χ1) is 12.9. The number of hydrazone groups is 1. The highest BCUT2D eigenvalue weighted by atomic mass is 16.4. The molecule has 0 spiro atoms. The topological polar surface area (TPSA) is 121 Å². The van der Waals surface area contributed by atoms with Gasteiger partial charge in [0.2, 0.25) is 5.91 Å². The van der Waals surface area contributed by atoms with Crippen molar-refractivity contribution in [2.75, 3.05) is 5.32 Å². The monoisotopic (exact) mass is 371 g/mol. The summed E-state index contributed by atoms with van der Waals surface area (Å²) in [6, 6.07) is 8.53. The van der Waals surface area contributed by atoms with E-state index in [1.54, 1.807) is 44.2 Å². The van der Waals surface area contributed by atoms with Crippen molar-refractivity contribution in [3.05, 3.63) is 53.5 Å². The molecule has 1 heterocycles. The minimum atomic E-state index is -0.920. The normalized spacial score (nSPS) is 11.1. The van der Waals surface area contributed by atoms with Crippen molar-refractivity contribution in [2.45, 2.75) is 33.1 Å². The van der Waals surface area contributed by atoms with Crippen LogP contribution in [0.4, 0.5) is 5.69 Å². The van der Waals surface area contributed by atoms with Crippen molar-refractivity contribution < 1.29 is 23.9 Å². The van der Waals surface area contributed by atoms with E-state index in [2.05, 4.69) is 15.8 Å². The molecule has 0 saturated carbocycles. The standard InChI is InChI=1S/C19H21N3O5/c1-12(21-22-19(26)16-10-11-27-13(16)2)14-6-8-15(9-7-14)20-17(23)4-3-5-18(24)25/h6-11H,3-5H2,1-2H3,(H,20,23)(H,22,26)(H,24,25)/b21-12-. The number of furan rings is 1. The van der Waals surface area contributed by atoms with Crippen LogP contribution in [0.5, 0.6) is 0 Å². The number of amides is 2. The molecule has 1 aromatic heterocycles. The Bertz CT molecular complexity index is 852. The van der Waals surface area contributed by atoms with Crippen molar-refractivity contribution in [3.63, 3.8) is 0 Å². The number of carboxylic acid groups (broad SMARTS) is 1. The molecule has 0 aliphatic rings. The zero-order chi connectivity index (χ0) is 19.8. The van der Waals surface area contributed by atoms with Crippen LogP contribution in [0.25, 0.3) is 0 Å². The van der Waals surface area contributed by atoms with Crippen LogP contribution in [0.3, 0.4) is 0 Å². The maximum Gasteiger partial charge on any atom is 0.303 e. The summed E-state index contributed by atoms with van der Waals surface area (Å²) in [7, 11) is 0. The summed E-state index contributed by atoms with van der Waals surface area (Å²) < 4.78 is 5.09. The molecular formula is C19H21N3O5. The predicted octanol–water partition coefficient (Wildman–Crippen LogP) is 2.94. The lowest BCUT2D eigenvalue weighted by Gasteiger charge is -2.07. The molecule has 0 radical (unpaired) electrons. The number of aryl methyl sites for hydroxylation is 1. The van der Waals surface area contributed by atoms with E-state index >= 15 is 0 Å². The summed E-state index contributed by atoms with van der Waals surface area (Å²) in [5.74, 6) is -0.997. The van der Waals surface area contributed by atoms with Crippen molar-refractivity contribution in [2.24, 2.45) is 5.10 Å². The quantitative estimate of drug-likeness (QED) is 0.487. The molecular weight excluding hydrogens is 350 g/mol. The van der Waals surface area contributed by atoms with Gasteiger partial charge in [-0.1, -0.05) is 12.1 Å². The summed E-state index contributed by atoms with van der Waals surface area (Å²) in [4.78, 5) is 34.2. The van der Waals surface area contributed by atoms with Crippen molar-refractivity contribution in [3.8, 4) is 0 Å². The van der Waals surface area contributed by atoms with Gasteiger partial charge in [-0.2, -0.15) is 5.10 Å². The Balaban J connectivity index is 1.90. The summed E-state index contributed by atoms with van der Waals surface area (Å²) in [5.41, 5.74) is 4.88. The third kappa shape index (κ3) is 6.10. The highest BCUT2D eigenvalue weighted by molar-refractivity contribution is 6.01. The molecule has 0 bridgehead atoms. The van der Waals surface area contributed by atoms with E-state index in [0.29, 0.717) is 29.1 Å². The molecule has 0 fully saturated rings. The molecule has 142 valence electrons. The van der Waals surface area contributed by atoms with Crippen LogP contribution >= 0.6 is 0 Å². The lowest BCUT2D eigenvalue weighted by Crippen LogP contribution is -2.19. The summed E-state index contributed by atoms with van der Waals surface area (Å²) in [6.07, 6.45) is 1.84. The Morgan fingerprint density at radius 1 is 1.11 bits per heavy atom. The number of benzene rings is 1. The number of hydrogen-bond donors (Lipinski definition) is 3. The molecule has 0 aliphatic heterocycles. The molecule has 0 unspecified atom stereocenters. The fraction of sp³-hybridized carbons (Fsp3) is 0.263. The number of carbonyl (C=O) groups excluding carboxylic acids is 2. The molecule has 2 amide bonds. The van der Waals surface area contributed by atoms with E-state index in [1.165, 1.54) is 6.26 Å². The first kappa shape index (κ1) is 19.9. The third-order valence-electron chi connectivity index (χ3n) is 3.81. The average Bonchev–Trinajstić information content (AvgIpc) is 3.05. The third-order valence-corrected chi connectivity index (χ3v) is 3.81. The number of carboxylic acids is 1. The van der Waals surface area contributed by atoms with Gasteiger partial charge in [0.15, 0.2) is 0 Å². The molecule has 2 aromatic rings. The lowest BCUT2D eigenvalue weighted by molar-refractivity contribution is -0.137. The second-order valence-electron chi connectivity index (χ2n) is 5.90. The number of anilines is 1. The van der Waals surface area contributed by atoms with Gasteiger partial charge >= 0.3 is 5.97 Å². The van der Waals surface area contributed by atoms with Crippen LogP contribution in [0.15, 0.2) is 46.1 Å². The van der Waals surface area contributed by atoms with Crippen LogP contribution in [-0.2, 0) is 9.59 Å². The Kier molecular flexibility index (Phi) is 6.87. The van der Waals surface area contributed by atoms with Gasteiger partial charge in [0.25, 0.3) is 5.91 Å². The molecule has 8 heteroatoms. The van der Waals surface area contributed by atoms with Gasteiger partial charge in [0, 0.05) is 18.5 Å². The Hall–Kier alpha value is -3.42. The van der Waals surface area contributed by atoms with Crippen LogP contribution in [0.1, 0.15) is 47.9 Å². The van der Waals surface area contributed by atoms with Gasteiger partial charge in [-0.15, -0.1) is 0 Å². The summed E-state index contributed by atoms with van der Waals surface area (Å²) in [6.45, 7) is 3.45. The van der Waals surface area contributed by atoms with Crippen molar-refractivity contribution >= 4 is 29.2 Å². The number of hydrogen-bond acceptors (Lipinski definition) is 5. The van der Waals surface area contributed by atoms with Gasteiger partial charge < -0.3 is 14.8 Å². The number of rotatable bonds is 8. The minimum absolute atomic E-state index is 0.0356. The predicted molar refractivity (Wildman–Crippen MR) is 99.7 cm³/mol. The van der Waals surface area contributed by atoms with Gasteiger partial charge in [-0.05, 0) is 44.0 Å². The van der Waals surface area contributed by atoms with Gasteiger partial charge in [0.05, 0.1) is 17.5 Å². The minimum Gasteiger partial charge on any atom is -0.481 e. The van der Waals surface area contributed by atoms with Gasteiger partial charge in [-0.25, -0.2) is 5.43 Å². The van der Waals surface area contributed by atoms with E-state index in [9.17, 15) is 14.4 Å². The lowest BCUT2D eigenvalue weighted by atomic mass is 10.1. The Morgan fingerprint density at radius 2 is 1.81 bits per heavy atom. The van der Waals surface area contributed by atoms with E-state index in [4.69, 9.17) is 9.52 Å². The van der Waals surface area contributed by atoms with E-state index in [1.807, 2.05) is 0 Å². The maximum absolute atomic E-state index is 12.0. The molecule has 2 rings (SSSR count). The SMILES string of the molecule is C/C(=N/NC(=O)c1ccoc1C)c1ccc(NC(=O)CCCC(=O)O)cc1. The number of nitrogens with one attached hydrogen (secondary N) is 2. The molecule has 0 aliphatic carbocycles. The highest BCUT2D eigenvalue weighted by Crippen LogP contribution is 2.12. The van der Waals surface area contributed by atoms with E-state index in [-0.39, 0.29) is 24.7 Å². The van der Waals surface area contributed by atoms with E-state index in [0.717, 1.165) is 5.56 Å². The van der Waals surface area contributed by atoms with Crippen LogP contribution in [0.2, 0.25) is 0 Å². The highest BCUT2D eigenvalue weighted by Gasteiger charge is 2.10. The fourth-order valence-electron chi connectivity index (χ4n) is 2.30. The second-order valence-corrected chi connectivity index (χ2v) is 5.90. The smallest absolute Gasteiger partial charge is 0.303 e. The summed E-state index contributed by atoms with van der Waals surface area (Å²) >= 11 is 0.